The largest absolute Gasteiger partial charge is 0.380 e. The number of anilines is 2. The van der Waals surface area contributed by atoms with Gasteiger partial charge in [-0.15, -0.1) is 0 Å². The minimum absolute atomic E-state index is 0.372. The molecule has 2 aromatic rings. The fraction of sp³-hybridized carbons (Fsp3) is 0.357. The maximum Gasteiger partial charge on any atom is 0.253 e. The fourth-order valence-electron chi connectivity index (χ4n) is 1.72. The molecule has 2 N–H and O–H groups in total. The highest BCUT2D eigenvalue weighted by Crippen LogP contribution is 2.15. The van der Waals surface area contributed by atoms with Crippen LogP contribution in [0.25, 0.3) is 0 Å². The van der Waals surface area contributed by atoms with Crippen LogP contribution in [0.5, 0.6) is 0 Å². The van der Waals surface area contributed by atoms with Gasteiger partial charge in [0.1, 0.15) is 11.4 Å². The Balaban J connectivity index is 2.03. The molecule has 0 saturated carbocycles. The Morgan fingerprint density at radius 3 is 2.37 bits per heavy atom. The summed E-state index contributed by atoms with van der Waals surface area (Å²) in [5.41, 5.74) is 0.697. The zero-order chi connectivity index (χ0) is 13.8. The Morgan fingerprint density at radius 2 is 1.79 bits per heavy atom. The van der Waals surface area contributed by atoms with Crippen LogP contribution >= 0.6 is 0 Å². The van der Waals surface area contributed by atoms with E-state index in [-0.39, 0.29) is 0 Å². The second-order valence-electron chi connectivity index (χ2n) is 4.86. The van der Waals surface area contributed by atoms with Crippen molar-refractivity contribution in [3.63, 3.8) is 0 Å². The molecule has 1 aromatic carbocycles. The van der Waals surface area contributed by atoms with Crippen molar-refractivity contribution in [3.8, 4) is 0 Å². The highest BCUT2D eigenvalue weighted by Gasteiger charge is 2.20. The van der Waals surface area contributed by atoms with E-state index < -0.39 is 10.9 Å². The third kappa shape index (κ3) is 2.99. The van der Waals surface area contributed by atoms with Crippen molar-refractivity contribution in [1.82, 2.24) is 4.98 Å². The first-order valence-electron chi connectivity index (χ1n) is 6.30. The average molecular weight is 259 g/mol. The first-order chi connectivity index (χ1) is 9.09. The number of hydrogen-bond donors (Lipinski definition) is 2. The molecule has 0 unspecified atom stereocenters. The summed E-state index contributed by atoms with van der Waals surface area (Å²) < 4.78 is 0. The number of pyridine rings is 1. The van der Waals surface area contributed by atoms with Gasteiger partial charge in [0, 0.05) is 12.7 Å². The van der Waals surface area contributed by atoms with E-state index in [0.29, 0.717) is 30.4 Å². The van der Waals surface area contributed by atoms with Crippen LogP contribution in [-0.4, -0.2) is 11.5 Å². The van der Waals surface area contributed by atoms with Crippen LogP contribution in [0, 0.1) is 5.92 Å². The van der Waals surface area contributed by atoms with Gasteiger partial charge >= 0.3 is 0 Å². The molecule has 5 heteroatoms. The van der Waals surface area contributed by atoms with Crippen LogP contribution in [0.15, 0.2) is 34.0 Å². The molecule has 0 aliphatic carbocycles. The van der Waals surface area contributed by atoms with Gasteiger partial charge in [-0.1, -0.05) is 19.9 Å². The minimum atomic E-state index is -0.456. The average Bonchev–Trinajstić information content (AvgIpc) is 2.42. The van der Waals surface area contributed by atoms with E-state index in [1.54, 1.807) is 6.20 Å². The van der Waals surface area contributed by atoms with E-state index in [4.69, 9.17) is 0 Å². The zero-order valence-electron chi connectivity index (χ0n) is 11.1. The molecule has 0 spiro atoms. The summed E-state index contributed by atoms with van der Waals surface area (Å²) in [6, 6.07) is 5.57. The predicted molar refractivity (Wildman–Crippen MR) is 76.2 cm³/mol. The van der Waals surface area contributed by atoms with E-state index in [2.05, 4.69) is 15.6 Å². The highest BCUT2D eigenvalue weighted by molar-refractivity contribution is 5.73. The lowest BCUT2D eigenvalue weighted by Crippen LogP contribution is -2.38. The van der Waals surface area contributed by atoms with Gasteiger partial charge in [0.15, 0.2) is 0 Å². The first kappa shape index (κ1) is 13.3. The number of nitrogens with zero attached hydrogens (tertiary/aromatic N) is 1. The highest BCUT2D eigenvalue weighted by atomic mass is 16.2. The molecule has 100 valence electrons. The number of rotatable bonds is 6. The fourth-order valence-corrected chi connectivity index (χ4v) is 1.72. The molecule has 5 nitrogen and oxygen atoms in total. The quantitative estimate of drug-likeness (QED) is 0.766. The van der Waals surface area contributed by atoms with Crippen molar-refractivity contribution in [3.05, 3.63) is 50.5 Å². The molecule has 2 rings (SSSR count). The van der Waals surface area contributed by atoms with Crippen LogP contribution in [0.2, 0.25) is 0 Å². The van der Waals surface area contributed by atoms with Crippen LogP contribution in [-0.2, 0) is 6.54 Å². The van der Waals surface area contributed by atoms with Crippen molar-refractivity contribution >= 4 is 11.4 Å². The smallest absolute Gasteiger partial charge is 0.253 e. The first-order valence-corrected chi connectivity index (χ1v) is 6.30. The maximum absolute atomic E-state index is 11.5. The topological polar surface area (TPSA) is 71.1 Å². The minimum Gasteiger partial charge on any atom is -0.380 e. The molecule has 1 aromatic heterocycles. The lowest BCUT2D eigenvalue weighted by Gasteiger charge is -2.15. The molecular formula is C14H17N3O2. The molecule has 0 aliphatic heterocycles. The summed E-state index contributed by atoms with van der Waals surface area (Å²) in [6.45, 7) is 5.18. The number of aromatic nitrogens is 1. The molecule has 0 amide bonds. The summed E-state index contributed by atoms with van der Waals surface area (Å²) >= 11 is 0. The number of nitrogens with one attached hydrogen (secondary N) is 2. The summed E-state index contributed by atoms with van der Waals surface area (Å²) in [6.07, 6.45) is 1.69. The summed E-state index contributed by atoms with van der Waals surface area (Å²) in [4.78, 5) is 27.1. The third-order valence-corrected chi connectivity index (χ3v) is 2.77. The third-order valence-electron chi connectivity index (χ3n) is 2.77. The monoisotopic (exact) mass is 259 g/mol. The van der Waals surface area contributed by atoms with Crippen LogP contribution < -0.4 is 21.5 Å². The van der Waals surface area contributed by atoms with Crippen LogP contribution in [0.3, 0.4) is 0 Å². The summed E-state index contributed by atoms with van der Waals surface area (Å²) in [5, 5.41) is 5.99. The summed E-state index contributed by atoms with van der Waals surface area (Å²) in [5.74, 6) is 0.410. The maximum atomic E-state index is 11.5. The summed E-state index contributed by atoms with van der Waals surface area (Å²) in [7, 11) is 0. The van der Waals surface area contributed by atoms with E-state index in [0.717, 1.165) is 5.69 Å². The molecule has 1 heterocycles. The van der Waals surface area contributed by atoms with Crippen LogP contribution in [0.4, 0.5) is 11.4 Å². The Kier molecular flexibility index (Phi) is 3.94. The molecule has 0 aliphatic rings. The molecule has 0 saturated heterocycles. The predicted octanol–water partition coefficient (Wildman–Crippen LogP) is 1.36. The molecule has 19 heavy (non-hydrogen) atoms. The van der Waals surface area contributed by atoms with Gasteiger partial charge < -0.3 is 10.6 Å². The van der Waals surface area contributed by atoms with Crippen molar-refractivity contribution in [2.24, 2.45) is 5.92 Å². The van der Waals surface area contributed by atoms with E-state index in [1.165, 1.54) is 0 Å². The Labute approximate surface area is 111 Å². The van der Waals surface area contributed by atoms with Crippen molar-refractivity contribution in [2.45, 2.75) is 20.4 Å². The molecule has 0 bridgehead atoms. The second-order valence-corrected chi connectivity index (χ2v) is 4.86. The van der Waals surface area contributed by atoms with Gasteiger partial charge in [-0.05, 0) is 18.1 Å². The normalized spacial score (nSPS) is 10.9. The van der Waals surface area contributed by atoms with Crippen LogP contribution in [0.1, 0.15) is 19.5 Å². The van der Waals surface area contributed by atoms with Gasteiger partial charge in [-0.3, -0.25) is 14.6 Å². The van der Waals surface area contributed by atoms with E-state index in [9.17, 15) is 9.59 Å². The Bertz CT molecular complexity index is 613. The van der Waals surface area contributed by atoms with Crippen molar-refractivity contribution in [2.75, 3.05) is 17.2 Å². The molecule has 0 atom stereocenters. The van der Waals surface area contributed by atoms with Gasteiger partial charge in [0.05, 0.1) is 12.2 Å². The SMILES string of the molecule is CC(C)CNc1c(NCc2ccccn2)c(=O)c1=O. The van der Waals surface area contributed by atoms with E-state index >= 15 is 0 Å². The molecule has 0 fully saturated rings. The Morgan fingerprint density at radius 1 is 1.11 bits per heavy atom. The number of hydrogen-bond acceptors (Lipinski definition) is 5. The molecule has 0 radical (unpaired) electrons. The van der Waals surface area contributed by atoms with Crippen molar-refractivity contribution < 1.29 is 0 Å². The molecular weight excluding hydrogens is 242 g/mol. The van der Waals surface area contributed by atoms with Gasteiger partial charge in [-0.2, -0.15) is 0 Å². The van der Waals surface area contributed by atoms with Gasteiger partial charge in [-0.25, -0.2) is 0 Å². The van der Waals surface area contributed by atoms with Gasteiger partial charge in [0.25, 0.3) is 10.9 Å². The second kappa shape index (κ2) is 5.65. The standard InChI is InChI=1S/C14H17N3O2/c1-9(2)7-16-11-12(14(19)13(11)18)17-8-10-5-3-4-6-15-10/h3-6,9,16-17H,7-8H2,1-2H3. The lowest BCUT2D eigenvalue weighted by molar-refractivity contribution is 0.688. The lowest BCUT2D eigenvalue weighted by atomic mass is 10.1. The van der Waals surface area contributed by atoms with Gasteiger partial charge in [0.2, 0.25) is 0 Å². The van der Waals surface area contributed by atoms with Crippen molar-refractivity contribution in [1.29, 1.82) is 0 Å². The van der Waals surface area contributed by atoms with E-state index in [1.807, 2.05) is 32.0 Å². The Hall–Kier alpha value is -2.17. The zero-order valence-corrected chi connectivity index (χ0v) is 11.1.